The van der Waals surface area contributed by atoms with Gasteiger partial charge in [-0.15, -0.1) is 0 Å². The Morgan fingerprint density at radius 1 is 1.00 bits per heavy atom. The maximum atomic E-state index is 5.68. The van der Waals surface area contributed by atoms with Crippen molar-refractivity contribution in [2.75, 3.05) is 11.2 Å². The van der Waals surface area contributed by atoms with Crippen LogP contribution in [0.15, 0.2) is 65.8 Å². The molecular formula is C17H16N4. The van der Waals surface area contributed by atoms with Gasteiger partial charge < -0.3 is 5.73 Å². The smallest absolute Gasteiger partial charge is 0.146 e. The van der Waals surface area contributed by atoms with E-state index in [1.54, 1.807) is 0 Å². The Labute approximate surface area is 123 Å². The van der Waals surface area contributed by atoms with Crippen molar-refractivity contribution in [1.82, 2.24) is 4.98 Å². The number of para-hydroxylation sites is 1. The minimum Gasteiger partial charge on any atom is -0.399 e. The predicted molar refractivity (Wildman–Crippen MR) is 88.4 cm³/mol. The number of benzene rings is 2. The molecule has 2 aromatic carbocycles. The summed E-state index contributed by atoms with van der Waals surface area (Å²) in [6.45, 7) is 1.94. The molecule has 3 rings (SSSR count). The van der Waals surface area contributed by atoms with E-state index in [2.05, 4.69) is 15.5 Å². The summed E-state index contributed by atoms with van der Waals surface area (Å²) in [7, 11) is 0. The first-order valence-corrected chi connectivity index (χ1v) is 6.74. The number of anilines is 2. The Morgan fingerprint density at radius 2 is 1.76 bits per heavy atom. The summed E-state index contributed by atoms with van der Waals surface area (Å²) < 4.78 is 0. The molecule has 104 valence electrons. The lowest BCUT2D eigenvalue weighted by Crippen LogP contribution is -2.01. The van der Waals surface area contributed by atoms with Crippen molar-refractivity contribution >= 4 is 28.1 Å². The summed E-state index contributed by atoms with van der Waals surface area (Å²) in [5.74, 6) is 0.725. The van der Waals surface area contributed by atoms with Gasteiger partial charge in [-0.05, 0) is 42.8 Å². The number of aromatic nitrogens is 1. The zero-order valence-electron chi connectivity index (χ0n) is 11.7. The van der Waals surface area contributed by atoms with Crippen LogP contribution < -0.4 is 11.2 Å². The molecule has 1 aromatic heterocycles. The van der Waals surface area contributed by atoms with E-state index < -0.39 is 0 Å². The van der Waals surface area contributed by atoms with E-state index in [-0.39, 0.29) is 0 Å². The van der Waals surface area contributed by atoms with Gasteiger partial charge in [0.25, 0.3) is 0 Å². The fourth-order valence-corrected chi connectivity index (χ4v) is 2.06. The zero-order valence-corrected chi connectivity index (χ0v) is 11.7. The monoisotopic (exact) mass is 276 g/mol. The molecule has 3 aromatic rings. The van der Waals surface area contributed by atoms with Gasteiger partial charge in [0.15, 0.2) is 0 Å². The molecule has 0 unspecified atom stereocenters. The Morgan fingerprint density at radius 3 is 2.57 bits per heavy atom. The van der Waals surface area contributed by atoms with Crippen LogP contribution in [-0.4, -0.2) is 10.7 Å². The van der Waals surface area contributed by atoms with E-state index in [1.807, 2.05) is 67.6 Å². The SMILES string of the molecule is C/C(=N/Nc1ccc2ccccc2n1)c1ccc(N)cc1. The Balaban J connectivity index is 1.81. The molecule has 0 atom stereocenters. The number of nitrogen functional groups attached to an aromatic ring is 1. The second-order valence-electron chi connectivity index (χ2n) is 4.82. The highest BCUT2D eigenvalue weighted by Crippen LogP contribution is 2.14. The topological polar surface area (TPSA) is 63.3 Å². The van der Waals surface area contributed by atoms with Gasteiger partial charge in [-0.3, -0.25) is 5.43 Å². The third-order valence-corrected chi connectivity index (χ3v) is 3.27. The van der Waals surface area contributed by atoms with Crippen LogP contribution in [-0.2, 0) is 0 Å². The minimum atomic E-state index is 0.725. The number of pyridine rings is 1. The second-order valence-corrected chi connectivity index (χ2v) is 4.82. The molecule has 0 aliphatic carbocycles. The Hall–Kier alpha value is -2.88. The standard InChI is InChI=1S/C17H16N4/c1-12(13-6-9-15(18)10-7-13)20-21-17-11-8-14-4-2-3-5-16(14)19-17/h2-11H,18H2,1H3,(H,19,21)/b20-12-. The summed E-state index contributed by atoms with van der Waals surface area (Å²) in [5, 5.41) is 5.48. The molecule has 0 saturated carbocycles. The average molecular weight is 276 g/mol. The molecule has 0 aliphatic heterocycles. The molecule has 4 nitrogen and oxygen atoms in total. The quantitative estimate of drug-likeness (QED) is 0.436. The second kappa shape index (κ2) is 5.63. The van der Waals surface area contributed by atoms with E-state index >= 15 is 0 Å². The summed E-state index contributed by atoms with van der Waals surface area (Å²) >= 11 is 0. The van der Waals surface area contributed by atoms with Crippen molar-refractivity contribution < 1.29 is 0 Å². The highest BCUT2D eigenvalue weighted by molar-refractivity contribution is 5.99. The molecule has 21 heavy (non-hydrogen) atoms. The van der Waals surface area contributed by atoms with E-state index in [4.69, 9.17) is 5.73 Å². The van der Waals surface area contributed by atoms with Gasteiger partial charge in [-0.2, -0.15) is 5.10 Å². The summed E-state index contributed by atoms with van der Waals surface area (Å²) in [5.41, 5.74) is 12.3. The summed E-state index contributed by atoms with van der Waals surface area (Å²) in [4.78, 5) is 4.52. The zero-order chi connectivity index (χ0) is 14.7. The molecule has 0 saturated heterocycles. The Kier molecular flexibility index (Phi) is 3.51. The van der Waals surface area contributed by atoms with Gasteiger partial charge in [-0.1, -0.05) is 30.3 Å². The van der Waals surface area contributed by atoms with Crippen LogP contribution in [0.4, 0.5) is 11.5 Å². The van der Waals surface area contributed by atoms with Crippen molar-refractivity contribution in [3.8, 4) is 0 Å². The van der Waals surface area contributed by atoms with Gasteiger partial charge >= 0.3 is 0 Å². The average Bonchev–Trinajstić information content (AvgIpc) is 2.53. The maximum absolute atomic E-state index is 5.68. The highest BCUT2D eigenvalue weighted by atomic mass is 15.3. The molecule has 4 heteroatoms. The normalized spacial score (nSPS) is 11.6. The fourth-order valence-electron chi connectivity index (χ4n) is 2.06. The number of hydrogen-bond donors (Lipinski definition) is 2. The lowest BCUT2D eigenvalue weighted by molar-refractivity contribution is 1.25. The first kappa shape index (κ1) is 13.1. The molecule has 1 heterocycles. The first-order chi connectivity index (χ1) is 10.2. The van der Waals surface area contributed by atoms with Gasteiger partial charge in [0.1, 0.15) is 5.82 Å². The number of fused-ring (bicyclic) bond motifs is 1. The fraction of sp³-hybridized carbons (Fsp3) is 0.0588. The van der Waals surface area contributed by atoms with Crippen LogP contribution in [0.5, 0.6) is 0 Å². The van der Waals surface area contributed by atoms with Gasteiger partial charge in [-0.25, -0.2) is 4.98 Å². The van der Waals surface area contributed by atoms with Crippen molar-refractivity contribution in [1.29, 1.82) is 0 Å². The van der Waals surface area contributed by atoms with Crippen LogP contribution in [0, 0.1) is 0 Å². The van der Waals surface area contributed by atoms with E-state index in [0.717, 1.165) is 33.7 Å². The predicted octanol–water partition coefficient (Wildman–Crippen LogP) is 3.65. The van der Waals surface area contributed by atoms with Crippen molar-refractivity contribution in [2.24, 2.45) is 5.10 Å². The molecular weight excluding hydrogens is 260 g/mol. The van der Waals surface area contributed by atoms with Gasteiger partial charge in [0.2, 0.25) is 0 Å². The molecule has 3 N–H and O–H groups in total. The number of nitrogens with zero attached hydrogens (tertiary/aromatic N) is 2. The third kappa shape index (κ3) is 3.00. The largest absolute Gasteiger partial charge is 0.399 e. The van der Waals surface area contributed by atoms with Crippen molar-refractivity contribution in [2.45, 2.75) is 6.92 Å². The van der Waals surface area contributed by atoms with E-state index in [9.17, 15) is 0 Å². The highest BCUT2D eigenvalue weighted by Gasteiger charge is 1.99. The lowest BCUT2D eigenvalue weighted by Gasteiger charge is -2.04. The molecule has 0 bridgehead atoms. The molecule has 0 amide bonds. The van der Waals surface area contributed by atoms with Crippen molar-refractivity contribution in [3.05, 3.63) is 66.2 Å². The number of rotatable bonds is 3. The van der Waals surface area contributed by atoms with Gasteiger partial charge in [0.05, 0.1) is 11.2 Å². The molecule has 0 fully saturated rings. The summed E-state index contributed by atoms with van der Waals surface area (Å²) in [6.07, 6.45) is 0. The van der Waals surface area contributed by atoms with Crippen LogP contribution in [0.1, 0.15) is 12.5 Å². The first-order valence-electron chi connectivity index (χ1n) is 6.74. The molecule has 0 aliphatic rings. The molecule has 0 radical (unpaired) electrons. The third-order valence-electron chi connectivity index (χ3n) is 3.27. The minimum absolute atomic E-state index is 0.725. The van der Waals surface area contributed by atoms with E-state index in [1.165, 1.54) is 0 Å². The Bertz CT molecular complexity index is 791. The number of hydrogen-bond acceptors (Lipinski definition) is 4. The van der Waals surface area contributed by atoms with Crippen LogP contribution >= 0.6 is 0 Å². The van der Waals surface area contributed by atoms with Crippen LogP contribution in [0.3, 0.4) is 0 Å². The maximum Gasteiger partial charge on any atom is 0.146 e. The van der Waals surface area contributed by atoms with Crippen LogP contribution in [0.25, 0.3) is 10.9 Å². The molecule has 0 spiro atoms. The van der Waals surface area contributed by atoms with E-state index in [0.29, 0.717) is 0 Å². The number of hydrazone groups is 1. The lowest BCUT2D eigenvalue weighted by atomic mass is 10.1. The van der Waals surface area contributed by atoms with Crippen LogP contribution in [0.2, 0.25) is 0 Å². The summed E-state index contributed by atoms with van der Waals surface area (Å²) in [6, 6.07) is 19.6. The van der Waals surface area contributed by atoms with Gasteiger partial charge in [0, 0.05) is 11.1 Å². The van der Waals surface area contributed by atoms with Crippen molar-refractivity contribution in [3.63, 3.8) is 0 Å². The number of nitrogens with two attached hydrogens (primary N) is 1. The number of nitrogens with one attached hydrogen (secondary N) is 1.